The van der Waals surface area contributed by atoms with Crippen LogP contribution in [-0.4, -0.2) is 29.1 Å². The van der Waals surface area contributed by atoms with Crippen molar-refractivity contribution in [2.75, 3.05) is 0 Å². The Morgan fingerprint density at radius 1 is 1.38 bits per heavy atom. The van der Waals surface area contributed by atoms with Crippen LogP contribution in [0.4, 0.5) is 0 Å². The fourth-order valence-corrected chi connectivity index (χ4v) is 3.03. The predicted molar refractivity (Wildman–Crippen MR) is 64.9 cm³/mol. The Hall–Kier alpha value is -0.570. The molecule has 16 heavy (non-hydrogen) atoms. The molecule has 2 fully saturated rings. The highest BCUT2D eigenvalue weighted by Gasteiger charge is 2.44. The van der Waals surface area contributed by atoms with Gasteiger partial charge in [-0.2, -0.15) is 0 Å². The van der Waals surface area contributed by atoms with E-state index in [2.05, 4.69) is 31.0 Å². The summed E-state index contributed by atoms with van der Waals surface area (Å²) in [4.78, 5) is 14.4. The third kappa shape index (κ3) is 1.97. The fourth-order valence-electron chi connectivity index (χ4n) is 3.03. The first-order valence-corrected chi connectivity index (χ1v) is 6.75. The van der Waals surface area contributed by atoms with E-state index in [0.717, 1.165) is 25.2 Å². The molecule has 1 aliphatic heterocycles. The first kappa shape index (κ1) is 11.9. The normalized spacial score (nSPS) is 38.9. The molecule has 92 valence electrons. The second-order valence-corrected chi connectivity index (χ2v) is 5.41. The molecule has 1 saturated heterocycles. The van der Waals surface area contributed by atoms with E-state index >= 15 is 0 Å². The molecule has 1 N–H and O–H groups in total. The molecule has 2 atom stereocenters. The quantitative estimate of drug-likeness (QED) is 0.793. The first-order valence-electron chi connectivity index (χ1n) is 6.75. The molecule has 0 spiro atoms. The lowest BCUT2D eigenvalue weighted by molar-refractivity contribution is -0.135. The zero-order valence-electron chi connectivity index (χ0n) is 10.7. The molecule has 3 nitrogen and oxygen atoms in total. The van der Waals surface area contributed by atoms with E-state index in [0.29, 0.717) is 18.1 Å². The Balaban J connectivity index is 2.03. The van der Waals surface area contributed by atoms with Gasteiger partial charge in [0.25, 0.3) is 0 Å². The molecule has 1 aliphatic carbocycles. The number of rotatable bonds is 4. The first-order chi connectivity index (χ1) is 7.67. The minimum absolute atomic E-state index is 0.0763. The lowest BCUT2D eigenvalue weighted by Gasteiger charge is -2.42. The van der Waals surface area contributed by atoms with Crippen molar-refractivity contribution in [1.29, 1.82) is 0 Å². The summed E-state index contributed by atoms with van der Waals surface area (Å²) < 4.78 is 0. The molecule has 2 unspecified atom stereocenters. The zero-order chi connectivity index (χ0) is 11.7. The van der Waals surface area contributed by atoms with Gasteiger partial charge in [-0.15, -0.1) is 0 Å². The molecule has 0 bridgehead atoms. The van der Waals surface area contributed by atoms with E-state index in [1.165, 1.54) is 12.8 Å². The van der Waals surface area contributed by atoms with Gasteiger partial charge in [-0.05, 0) is 31.6 Å². The third-order valence-corrected chi connectivity index (χ3v) is 3.99. The lowest BCUT2D eigenvalue weighted by atomic mass is 9.80. The van der Waals surface area contributed by atoms with Gasteiger partial charge in [0, 0.05) is 6.04 Å². The Morgan fingerprint density at radius 3 is 2.56 bits per heavy atom. The highest BCUT2D eigenvalue weighted by molar-refractivity contribution is 5.84. The second-order valence-electron chi connectivity index (χ2n) is 5.41. The van der Waals surface area contributed by atoms with Crippen LogP contribution in [0.15, 0.2) is 0 Å². The summed E-state index contributed by atoms with van der Waals surface area (Å²) >= 11 is 0. The molecule has 2 aliphatic rings. The Morgan fingerprint density at radius 2 is 2.06 bits per heavy atom. The molecule has 2 rings (SSSR count). The van der Waals surface area contributed by atoms with Gasteiger partial charge < -0.3 is 4.90 Å². The minimum atomic E-state index is 0.0763. The molecule has 3 heteroatoms. The van der Waals surface area contributed by atoms with Crippen LogP contribution in [0.3, 0.4) is 0 Å². The fraction of sp³-hybridized carbons (Fsp3) is 0.923. The Kier molecular flexibility index (Phi) is 3.53. The van der Waals surface area contributed by atoms with Gasteiger partial charge in [0.15, 0.2) is 0 Å². The topological polar surface area (TPSA) is 32.3 Å². The zero-order valence-corrected chi connectivity index (χ0v) is 10.7. The van der Waals surface area contributed by atoms with E-state index in [1.54, 1.807) is 0 Å². The number of carbonyl (C=O) groups excluding carboxylic acids is 1. The number of carbonyl (C=O) groups is 1. The maximum absolute atomic E-state index is 12.2. The van der Waals surface area contributed by atoms with Crippen LogP contribution in [0.1, 0.15) is 52.9 Å². The highest BCUT2D eigenvalue weighted by Crippen LogP contribution is 2.35. The standard InChI is InChI=1S/C13H24N2O/c1-4-6-12-14-11(5-2)13(16)15(12)10-7-9(3)8-10/h9-12,14H,4-8H2,1-3H3. The van der Waals surface area contributed by atoms with Gasteiger partial charge in [0.1, 0.15) is 0 Å². The number of nitrogens with one attached hydrogen (secondary N) is 1. The van der Waals surface area contributed by atoms with Crippen LogP contribution >= 0.6 is 0 Å². The Labute approximate surface area is 98.6 Å². The summed E-state index contributed by atoms with van der Waals surface area (Å²) in [7, 11) is 0. The highest BCUT2D eigenvalue weighted by atomic mass is 16.2. The molecule has 0 aromatic heterocycles. The molecule has 0 aromatic carbocycles. The number of hydrogen-bond donors (Lipinski definition) is 1. The summed E-state index contributed by atoms with van der Waals surface area (Å²) in [6.45, 7) is 6.55. The average Bonchev–Trinajstić information content (AvgIpc) is 2.52. The Bertz CT molecular complexity index is 261. The van der Waals surface area contributed by atoms with Crippen molar-refractivity contribution in [2.24, 2.45) is 5.92 Å². The summed E-state index contributed by atoms with van der Waals surface area (Å²) in [5.41, 5.74) is 0. The van der Waals surface area contributed by atoms with Crippen LogP contribution < -0.4 is 5.32 Å². The van der Waals surface area contributed by atoms with Crippen LogP contribution in [0, 0.1) is 5.92 Å². The van der Waals surface area contributed by atoms with Gasteiger partial charge in [-0.25, -0.2) is 0 Å². The van der Waals surface area contributed by atoms with Crippen LogP contribution in [0.25, 0.3) is 0 Å². The van der Waals surface area contributed by atoms with Gasteiger partial charge in [0.05, 0.1) is 12.2 Å². The van der Waals surface area contributed by atoms with Gasteiger partial charge >= 0.3 is 0 Å². The van der Waals surface area contributed by atoms with Crippen LogP contribution in [0.2, 0.25) is 0 Å². The van der Waals surface area contributed by atoms with Gasteiger partial charge in [-0.1, -0.05) is 27.2 Å². The van der Waals surface area contributed by atoms with Crippen molar-refractivity contribution in [3.63, 3.8) is 0 Å². The van der Waals surface area contributed by atoms with Crippen molar-refractivity contribution in [3.8, 4) is 0 Å². The second kappa shape index (κ2) is 4.74. The summed E-state index contributed by atoms with van der Waals surface area (Å²) in [6, 6.07) is 0.593. The van der Waals surface area contributed by atoms with Crippen molar-refractivity contribution in [2.45, 2.75) is 71.1 Å². The molecule has 0 aromatic rings. The van der Waals surface area contributed by atoms with Crippen molar-refractivity contribution in [3.05, 3.63) is 0 Å². The number of amides is 1. The minimum Gasteiger partial charge on any atom is -0.323 e. The lowest BCUT2D eigenvalue weighted by Crippen LogP contribution is -2.50. The van der Waals surface area contributed by atoms with Crippen molar-refractivity contribution in [1.82, 2.24) is 10.2 Å². The van der Waals surface area contributed by atoms with Crippen LogP contribution in [0.5, 0.6) is 0 Å². The average molecular weight is 224 g/mol. The number of hydrogen-bond acceptors (Lipinski definition) is 2. The molecule has 0 radical (unpaired) electrons. The maximum Gasteiger partial charge on any atom is 0.241 e. The SMILES string of the molecule is CCCC1NC(CC)C(=O)N1C1CC(C)C1. The van der Waals surface area contributed by atoms with E-state index < -0.39 is 0 Å². The van der Waals surface area contributed by atoms with E-state index in [1.807, 2.05) is 0 Å². The molecular formula is C13H24N2O. The summed E-state index contributed by atoms with van der Waals surface area (Å²) in [5.74, 6) is 1.15. The molecule has 1 amide bonds. The summed E-state index contributed by atoms with van der Waals surface area (Å²) in [5, 5.41) is 3.48. The third-order valence-electron chi connectivity index (χ3n) is 3.99. The number of nitrogens with zero attached hydrogens (tertiary/aromatic N) is 1. The largest absolute Gasteiger partial charge is 0.323 e. The van der Waals surface area contributed by atoms with Gasteiger partial charge in [-0.3, -0.25) is 10.1 Å². The smallest absolute Gasteiger partial charge is 0.241 e. The monoisotopic (exact) mass is 224 g/mol. The maximum atomic E-state index is 12.2. The van der Waals surface area contributed by atoms with Gasteiger partial charge in [0.2, 0.25) is 5.91 Å². The molecule has 1 heterocycles. The molecular weight excluding hydrogens is 200 g/mol. The van der Waals surface area contributed by atoms with Crippen molar-refractivity contribution >= 4 is 5.91 Å². The van der Waals surface area contributed by atoms with E-state index in [9.17, 15) is 4.79 Å². The van der Waals surface area contributed by atoms with E-state index in [4.69, 9.17) is 0 Å². The molecule has 1 saturated carbocycles. The van der Waals surface area contributed by atoms with Crippen LogP contribution in [-0.2, 0) is 4.79 Å². The summed E-state index contributed by atoms with van der Waals surface area (Å²) in [6.07, 6.45) is 5.85. The van der Waals surface area contributed by atoms with Crippen molar-refractivity contribution < 1.29 is 4.79 Å². The van der Waals surface area contributed by atoms with E-state index in [-0.39, 0.29) is 6.04 Å². The predicted octanol–water partition coefficient (Wildman–Crippen LogP) is 2.12.